The number of amides is 1. The summed E-state index contributed by atoms with van der Waals surface area (Å²) in [6, 6.07) is -0.644. The number of aliphatic hydroxyl groups is 2. The molecule has 2 unspecified atom stereocenters. The number of unbranched alkanes of at least 4 members (excludes halogenated alkanes) is 21. The Morgan fingerprint density at radius 1 is 0.417 bits per heavy atom. The van der Waals surface area contributed by atoms with Crippen LogP contribution in [0.2, 0.25) is 0 Å². The van der Waals surface area contributed by atoms with Gasteiger partial charge in [0, 0.05) is 6.42 Å². The van der Waals surface area contributed by atoms with Crippen LogP contribution in [0.4, 0.5) is 0 Å². The third-order valence-corrected chi connectivity index (χ3v) is 10.8. The molecule has 0 aromatic heterocycles. The standard InChI is InChI=1S/C56H95NO3/c1-3-5-7-9-11-13-15-17-19-21-23-24-25-26-27-28-29-30-31-32-34-36-38-40-42-44-46-48-50-52-56(60)57-54(53-58)55(59)51-49-47-45-43-41-39-37-35-33-22-20-18-16-14-12-10-8-6-4-2/h5,7,11,13,17,19,23-24,26-27,29-30,32,34,38,40,49,51,54-55,58-59H,3-4,6,8-10,12,14-16,18,20-22,25,28,31,33,35-37,39,41-48,50,52-53H2,1-2H3,(H,57,60)/b7-5-,13-11-,19-17-,24-23-,27-26-,30-29-,34-32-,40-38-,51-49+. The summed E-state index contributed by atoms with van der Waals surface area (Å²) in [4.78, 5) is 12.4. The Labute approximate surface area is 372 Å². The second-order valence-corrected chi connectivity index (χ2v) is 16.5. The summed E-state index contributed by atoms with van der Waals surface area (Å²) in [5.41, 5.74) is 0. The second-order valence-electron chi connectivity index (χ2n) is 16.5. The summed E-state index contributed by atoms with van der Waals surface area (Å²) in [6.07, 6.45) is 76.4. The summed E-state index contributed by atoms with van der Waals surface area (Å²) >= 11 is 0. The van der Waals surface area contributed by atoms with Gasteiger partial charge in [-0.05, 0) is 83.5 Å². The van der Waals surface area contributed by atoms with Gasteiger partial charge >= 0.3 is 0 Å². The first-order valence-corrected chi connectivity index (χ1v) is 25.1. The molecule has 1 amide bonds. The minimum Gasteiger partial charge on any atom is -0.394 e. The number of rotatable bonds is 44. The van der Waals surface area contributed by atoms with Crippen LogP contribution in [0.3, 0.4) is 0 Å². The maximum Gasteiger partial charge on any atom is 0.220 e. The lowest BCUT2D eigenvalue weighted by molar-refractivity contribution is -0.123. The molecule has 3 N–H and O–H groups in total. The van der Waals surface area contributed by atoms with E-state index < -0.39 is 12.1 Å². The van der Waals surface area contributed by atoms with Crippen molar-refractivity contribution in [1.82, 2.24) is 5.32 Å². The van der Waals surface area contributed by atoms with Crippen LogP contribution in [-0.4, -0.2) is 34.9 Å². The zero-order chi connectivity index (χ0) is 43.5. The summed E-state index contributed by atoms with van der Waals surface area (Å²) in [7, 11) is 0. The van der Waals surface area contributed by atoms with Crippen LogP contribution < -0.4 is 5.32 Å². The summed E-state index contributed by atoms with van der Waals surface area (Å²) in [6.45, 7) is 4.18. The molecule has 2 atom stereocenters. The number of aliphatic hydroxyl groups excluding tert-OH is 2. The van der Waals surface area contributed by atoms with Gasteiger partial charge in [0.05, 0.1) is 18.8 Å². The van der Waals surface area contributed by atoms with Crippen molar-refractivity contribution >= 4 is 5.91 Å². The largest absolute Gasteiger partial charge is 0.394 e. The predicted molar refractivity (Wildman–Crippen MR) is 266 cm³/mol. The van der Waals surface area contributed by atoms with Crippen molar-refractivity contribution < 1.29 is 15.0 Å². The Bertz CT molecular complexity index is 1170. The predicted octanol–water partition coefficient (Wildman–Crippen LogP) is 16.4. The third-order valence-electron chi connectivity index (χ3n) is 10.8. The molecule has 0 saturated heterocycles. The molecule has 0 aliphatic carbocycles. The van der Waals surface area contributed by atoms with E-state index in [9.17, 15) is 15.0 Å². The molecule has 0 heterocycles. The first kappa shape index (κ1) is 57.1. The van der Waals surface area contributed by atoms with Gasteiger partial charge in [-0.3, -0.25) is 4.79 Å². The second kappa shape index (κ2) is 50.4. The molecule has 0 radical (unpaired) electrons. The van der Waals surface area contributed by atoms with Gasteiger partial charge in [0.25, 0.3) is 0 Å². The first-order chi connectivity index (χ1) is 29.7. The summed E-state index contributed by atoms with van der Waals surface area (Å²) in [5.74, 6) is -0.0923. The fourth-order valence-corrected chi connectivity index (χ4v) is 6.96. The first-order valence-electron chi connectivity index (χ1n) is 25.1. The topological polar surface area (TPSA) is 69.6 Å². The molecule has 0 aliphatic heterocycles. The van der Waals surface area contributed by atoms with E-state index in [1.165, 1.54) is 103 Å². The molecule has 0 aromatic carbocycles. The number of nitrogens with one attached hydrogen (secondary N) is 1. The van der Waals surface area contributed by atoms with E-state index in [1.54, 1.807) is 6.08 Å². The minimum atomic E-state index is -0.858. The van der Waals surface area contributed by atoms with Gasteiger partial charge in [0.2, 0.25) is 5.91 Å². The molecular formula is C56H95NO3. The Balaban J connectivity index is 3.69. The van der Waals surface area contributed by atoms with E-state index >= 15 is 0 Å². The molecule has 4 heteroatoms. The van der Waals surface area contributed by atoms with Crippen LogP contribution in [0.15, 0.2) is 109 Å². The van der Waals surface area contributed by atoms with Crippen LogP contribution in [0.5, 0.6) is 0 Å². The normalized spacial score (nSPS) is 13.9. The van der Waals surface area contributed by atoms with Crippen LogP contribution in [0, 0.1) is 0 Å². The zero-order valence-electron chi connectivity index (χ0n) is 39.2. The number of carbonyl (C=O) groups excluding carboxylic acids is 1. The Morgan fingerprint density at radius 2 is 0.733 bits per heavy atom. The van der Waals surface area contributed by atoms with Crippen molar-refractivity contribution in [3.63, 3.8) is 0 Å². The lowest BCUT2D eigenvalue weighted by atomic mass is 10.0. The molecule has 0 saturated carbocycles. The van der Waals surface area contributed by atoms with Gasteiger partial charge in [-0.25, -0.2) is 0 Å². The van der Waals surface area contributed by atoms with Crippen LogP contribution in [-0.2, 0) is 4.79 Å². The van der Waals surface area contributed by atoms with Crippen molar-refractivity contribution in [3.8, 4) is 0 Å². The molecule has 0 aromatic rings. The average Bonchev–Trinajstić information content (AvgIpc) is 3.25. The molecule has 60 heavy (non-hydrogen) atoms. The van der Waals surface area contributed by atoms with E-state index in [0.29, 0.717) is 6.42 Å². The number of hydrogen-bond acceptors (Lipinski definition) is 3. The van der Waals surface area contributed by atoms with Crippen molar-refractivity contribution in [3.05, 3.63) is 109 Å². The van der Waals surface area contributed by atoms with E-state index in [1.807, 2.05) is 6.08 Å². The van der Waals surface area contributed by atoms with Crippen molar-refractivity contribution in [2.75, 3.05) is 6.61 Å². The average molecular weight is 830 g/mol. The smallest absolute Gasteiger partial charge is 0.220 e. The van der Waals surface area contributed by atoms with Crippen LogP contribution in [0.1, 0.15) is 219 Å². The molecule has 0 spiro atoms. The quantitative estimate of drug-likeness (QED) is 0.0423. The fourth-order valence-electron chi connectivity index (χ4n) is 6.96. The van der Waals surface area contributed by atoms with Gasteiger partial charge < -0.3 is 15.5 Å². The van der Waals surface area contributed by atoms with Crippen LogP contribution in [0.25, 0.3) is 0 Å². The Morgan fingerprint density at radius 3 is 1.10 bits per heavy atom. The monoisotopic (exact) mass is 830 g/mol. The summed E-state index contributed by atoms with van der Waals surface area (Å²) in [5, 5.41) is 23.1. The SMILES string of the molecule is CC/C=C\C/C=C\C/C=C\C/C=C\C/C=C\C/C=C\C/C=C\C/C=C\CCCCCCC(=O)NC(CO)C(O)/C=C/CCCCCCCCCCCCCCCCCCC. The van der Waals surface area contributed by atoms with E-state index in [4.69, 9.17) is 0 Å². The highest BCUT2D eigenvalue weighted by Crippen LogP contribution is 2.15. The fraction of sp³-hybridized carbons (Fsp3) is 0.661. The highest BCUT2D eigenvalue weighted by Gasteiger charge is 2.17. The zero-order valence-corrected chi connectivity index (χ0v) is 39.2. The van der Waals surface area contributed by atoms with Gasteiger partial charge in [-0.15, -0.1) is 0 Å². The van der Waals surface area contributed by atoms with Gasteiger partial charge in [-0.1, -0.05) is 239 Å². The molecule has 0 aliphatic rings. The lowest BCUT2D eigenvalue weighted by Gasteiger charge is -2.20. The van der Waals surface area contributed by atoms with E-state index in [-0.39, 0.29) is 12.5 Å². The third kappa shape index (κ3) is 46.1. The molecule has 342 valence electrons. The molecule has 0 rings (SSSR count). The van der Waals surface area contributed by atoms with Crippen molar-refractivity contribution in [1.29, 1.82) is 0 Å². The molecule has 4 nitrogen and oxygen atoms in total. The highest BCUT2D eigenvalue weighted by molar-refractivity contribution is 5.76. The molecular weight excluding hydrogens is 735 g/mol. The minimum absolute atomic E-state index is 0.0923. The number of allylic oxidation sites excluding steroid dienone is 17. The van der Waals surface area contributed by atoms with Gasteiger partial charge in [0.15, 0.2) is 0 Å². The Hall–Kier alpha value is -2.95. The van der Waals surface area contributed by atoms with E-state index in [0.717, 1.165) is 96.3 Å². The maximum atomic E-state index is 12.4. The number of carbonyl (C=O) groups is 1. The highest BCUT2D eigenvalue weighted by atomic mass is 16.3. The molecule has 0 fully saturated rings. The molecule has 0 bridgehead atoms. The maximum absolute atomic E-state index is 12.4. The van der Waals surface area contributed by atoms with Crippen molar-refractivity contribution in [2.45, 2.75) is 231 Å². The van der Waals surface area contributed by atoms with Gasteiger partial charge in [0.1, 0.15) is 0 Å². The number of hydrogen-bond donors (Lipinski definition) is 3. The van der Waals surface area contributed by atoms with Gasteiger partial charge in [-0.2, -0.15) is 0 Å². The van der Waals surface area contributed by atoms with Crippen LogP contribution >= 0.6 is 0 Å². The van der Waals surface area contributed by atoms with E-state index in [2.05, 4.69) is 116 Å². The Kier molecular flexibility index (Phi) is 47.9. The van der Waals surface area contributed by atoms with Crippen molar-refractivity contribution in [2.24, 2.45) is 0 Å². The summed E-state index contributed by atoms with van der Waals surface area (Å²) < 4.78 is 0. The lowest BCUT2D eigenvalue weighted by Crippen LogP contribution is -2.45.